The summed E-state index contributed by atoms with van der Waals surface area (Å²) in [4.78, 5) is 15.1. The summed E-state index contributed by atoms with van der Waals surface area (Å²) in [7, 11) is 2.01. The number of hydrogen-bond acceptors (Lipinski definition) is 9. The fourth-order valence-electron chi connectivity index (χ4n) is 3.38. The number of fused-ring (bicyclic) bond motifs is 1. The SMILES string of the molecule is C1CNCNC1.C=Nc1nc(-c2cccc(N(C)Cc3ccc4c(c3)OCCO4)n2)cs1. The molecule has 0 atom stereocenters. The molecular formula is C23H28N6O2S. The highest BCUT2D eigenvalue weighted by molar-refractivity contribution is 7.13. The van der Waals surface area contributed by atoms with Crippen molar-refractivity contribution in [2.45, 2.75) is 13.0 Å². The van der Waals surface area contributed by atoms with Gasteiger partial charge in [0.25, 0.3) is 0 Å². The van der Waals surface area contributed by atoms with Crippen LogP contribution in [0, 0.1) is 0 Å². The van der Waals surface area contributed by atoms with Gasteiger partial charge in [-0.15, -0.1) is 11.3 Å². The molecule has 5 rings (SSSR count). The number of thiazole rings is 1. The average Bonchev–Trinajstić information content (AvgIpc) is 3.35. The van der Waals surface area contributed by atoms with E-state index in [4.69, 9.17) is 14.5 Å². The molecule has 168 valence electrons. The van der Waals surface area contributed by atoms with Crippen LogP contribution in [0.2, 0.25) is 0 Å². The Morgan fingerprint density at radius 3 is 2.56 bits per heavy atom. The summed E-state index contributed by atoms with van der Waals surface area (Å²) in [6, 6.07) is 12.0. The van der Waals surface area contributed by atoms with Crippen LogP contribution in [-0.2, 0) is 6.54 Å². The lowest BCUT2D eigenvalue weighted by Gasteiger charge is -2.22. The summed E-state index contributed by atoms with van der Waals surface area (Å²) in [6.07, 6.45) is 1.28. The van der Waals surface area contributed by atoms with Crippen LogP contribution in [0.5, 0.6) is 11.5 Å². The topological polar surface area (TPSA) is 83.9 Å². The van der Waals surface area contributed by atoms with Crippen molar-refractivity contribution in [3.63, 3.8) is 0 Å². The average molecular weight is 453 g/mol. The van der Waals surface area contributed by atoms with E-state index in [0.29, 0.717) is 24.9 Å². The second-order valence-electron chi connectivity index (χ2n) is 7.42. The van der Waals surface area contributed by atoms with Crippen LogP contribution in [-0.4, -0.2) is 56.7 Å². The Bertz CT molecular complexity index is 1030. The third-order valence-electron chi connectivity index (χ3n) is 5.00. The van der Waals surface area contributed by atoms with Crippen molar-refractivity contribution < 1.29 is 9.47 Å². The number of aromatic nitrogens is 2. The first kappa shape index (κ1) is 22.2. The number of nitrogens with one attached hydrogen (secondary N) is 2. The number of nitrogens with zero attached hydrogens (tertiary/aromatic N) is 4. The van der Waals surface area contributed by atoms with E-state index in [9.17, 15) is 0 Å². The van der Waals surface area contributed by atoms with Crippen LogP contribution in [0.4, 0.5) is 10.9 Å². The maximum atomic E-state index is 5.66. The molecular weight excluding hydrogens is 424 g/mol. The van der Waals surface area contributed by atoms with Crippen molar-refractivity contribution in [1.29, 1.82) is 0 Å². The maximum absolute atomic E-state index is 5.66. The van der Waals surface area contributed by atoms with E-state index in [1.807, 2.05) is 42.8 Å². The molecule has 0 radical (unpaired) electrons. The van der Waals surface area contributed by atoms with Gasteiger partial charge in [0.05, 0.1) is 5.69 Å². The lowest BCUT2D eigenvalue weighted by molar-refractivity contribution is 0.171. The fourth-order valence-corrected chi connectivity index (χ4v) is 3.99. The van der Waals surface area contributed by atoms with Crippen LogP contribution >= 0.6 is 11.3 Å². The number of rotatable bonds is 5. The van der Waals surface area contributed by atoms with Gasteiger partial charge in [-0.25, -0.2) is 15.0 Å². The summed E-state index contributed by atoms with van der Waals surface area (Å²) in [5.74, 6) is 2.48. The Morgan fingerprint density at radius 1 is 1.06 bits per heavy atom. The van der Waals surface area contributed by atoms with E-state index in [0.717, 1.165) is 40.9 Å². The molecule has 9 heteroatoms. The van der Waals surface area contributed by atoms with E-state index in [-0.39, 0.29) is 0 Å². The van der Waals surface area contributed by atoms with Gasteiger partial charge in [-0.3, -0.25) is 0 Å². The van der Waals surface area contributed by atoms with E-state index >= 15 is 0 Å². The van der Waals surface area contributed by atoms with Gasteiger partial charge in [0, 0.05) is 25.6 Å². The molecule has 0 aliphatic carbocycles. The third kappa shape index (κ3) is 5.82. The molecule has 0 bridgehead atoms. The molecule has 2 aliphatic heterocycles. The molecule has 0 amide bonds. The Morgan fingerprint density at radius 2 is 1.88 bits per heavy atom. The monoisotopic (exact) mass is 452 g/mol. The lowest BCUT2D eigenvalue weighted by Crippen LogP contribution is -2.37. The van der Waals surface area contributed by atoms with Crippen molar-refractivity contribution in [3.8, 4) is 22.9 Å². The molecule has 1 fully saturated rings. The summed E-state index contributed by atoms with van der Waals surface area (Å²) in [5, 5.41) is 8.94. The second kappa shape index (κ2) is 11.0. The minimum absolute atomic E-state index is 0.588. The lowest BCUT2D eigenvalue weighted by atomic mass is 10.2. The molecule has 0 unspecified atom stereocenters. The van der Waals surface area contributed by atoms with Crippen molar-refractivity contribution >= 4 is 29.0 Å². The summed E-state index contributed by atoms with van der Waals surface area (Å²) in [6.45, 7) is 8.79. The standard InChI is InChI=1S/C19H18N4O2S.C4H10N2/c1-20-19-22-15(12-26-19)14-4-3-5-18(21-14)23(2)11-13-6-7-16-17(10-13)25-9-8-24-16;1-2-5-4-6-3-1/h3-7,10,12H,1,8-9,11H2,2H3;5-6H,1-4H2. The van der Waals surface area contributed by atoms with Crippen LogP contribution in [0.15, 0.2) is 46.8 Å². The number of benzene rings is 1. The Balaban J connectivity index is 0.000000354. The number of aliphatic imine (C=N–C) groups is 1. The van der Waals surface area contributed by atoms with Gasteiger partial charge >= 0.3 is 0 Å². The zero-order valence-corrected chi connectivity index (χ0v) is 19.0. The van der Waals surface area contributed by atoms with Crippen molar-refractivity contribution in [2.75, 3.05) is 44.9 Å². The normalized spacial score (nSPS) is 14.8. The summed E-state index contributed by atoms with van der Waals surface area (Å²) in [5.41, 5.74) is 2.77. The molecule has 2 aromatic heterocycles. The Labute approximate surface area is 192 Å². The van der Waals surface area contributed by atoms with Crippen molar-refractivity contribution in [3.05, 3.63) is 47.3 Å². The van der Waals surface area contributed by atoms with Crippen LogP contribution in [0.1, 0.15) is 12.0 Å². The van der Waals surface area contributed by atoms with E-state index in [1.54, 1.807) is 0 Å². The van der Waals surface area contributed by atoms with Crippen LogP contribution < -0.4 is 25.0 Å². The minimum atomic E-state index is 0.588. The summed E-state index contributed by atoms with van der Waals surface area (Å²) < 4.78 is 11.2. The highest BCUT2D eigenvalue weighted by atomic mass is 32.1. The molecule has 2 aliphatic rings. The minimum Gasteiger partial charge on any atom is -0.486 e. The van der Waals surface area contributed by atoms with Gasteiger partial charge in [-0.1, -0.05) is 12.1 Å². The number of ether oxygens (including phenoxy) is 2. The summed E-state index contributed by atoms with van der Waals surface area (Å²) >= 11 is 1.45. The molecule has 8 nitrogen and oxygen atoms in total. The first-order chi connectivity index (χ1) is 15.7. The highest BCUT2D eigenvalue weighted by Crippen LogP contribution is 2.31. The molecule has 3 aromatic rings. The number of anilines is 1. The Hall–Kier alpha value is -3.01. The van der Waals surface area contributed by atoms with Crippen LogP contribution in [0.3, 0.4) is 0 Å². The van der Waals surface area contributed by atoms with Gasteiger partial charge in [0.1, 0.15) is 24.7 Å². The smallest absolute Gasteiger partial charge is 0.209 e. The first-order valence-electron chi connectivity index (χ1n) is 10.6. The zero-order valence-electron chi connectivity index (χ0n) is 18.2. The number of pyridine rings is 1. The zero-order chi connectivity index (χ0) is 22.2. The van der Waals surface area contributed by atoms with Gasteiger partial charge in [-0.05, 0) is 56.1 Å². The van der Waals surface area contributed by atoms with Crippen molar-refractivity contribution in [1.82, 2.24) is 20.6 Å². The fraction of sp³-hybridized carbons (Fsp3) is 0.348. The van der Waals surface area contributed by atoms with E-state index in [1.165, 1.54) is 30.8 Å². The van der Waals surface area contributed by atoms with E-state index in [2.05, 4.69) is 38.3 Å². The predicted molar refractivity (Wildman–Crippen MR) is 130 cm³/mol. The third-order valence-corrected chi connectivity index (χ3v) is 5.77. The second-order valence-corrected chi connectivity index (χ2v) is 8.26. The molecule has 32 heavy (non-hydrogen) atoms. The molecule has 1 saturated heterocycles. The van der Waals surface area contributed by atoms with Gasteiger partial charge in [0.15, 0.2) is 11.5 Å². The number of hydrogen-bond donors (Lipinski definition) is 2. The van der Waals surface area contributed by atoms with Crippen molar-refractivity contribution in [2.24, 2.45) is 4.99 Å². The predicted octanol–water partition coefficient (Wildman–Crippen LogP) is 3.47. The van der Waals surface area contributed by atoms with Gasteiger partial charge in [-0.2, -0.15) is 0 Å². The Kier molecular flexibility index (Phi) is 7.65. The van der Waals surface area contributed by atoms with E-state index < -0.39 is 0 Å². The molecule has 0 spiro atoms. The maximum Gasteiger partial charge on any atom is 0.209 e. The first-order valence-corrected chi connectivity index (χ1v) is 11.5. The molecule has 1 aromatic carbocycles. The van der Waals surface area contributed by atoms with Gasteiger partial charge in [0.2, 0.25) is 5.13 Å². The quantitative estimate of drug-likeness (QED) is 0.574. The highest BCUT2D eigenvalue weighted by Gasteiger charge is 2.13. The van der Waals surface area contributed by atoms with Gasteiger partial charge < -0.3 is 25.0 Å². The molecule has 2 N–H and O–H groups in total. The van der Waals surface area contributed by atoms with Crippen LogP contribution in [0.25, 0.3) is 11.4 Å². The largest absolute Gasteiger partial charge is 0.486 e. The molecule has 0 saturated carbocycles. The molecule has 4 heterocycles.